The lowest BCUT2D eigenvalue weighted by molar-refractivity contribution is 0.0287. The Kier molecular flexibility index (Phi) is 6.51. The Morgan fingerprint density at radius 3 is 2.44 bits per heavy atom. The monoisotopic (exact) mass is 279 g/mol. The van der Waals surface area contributed by atoms with Gasteiger partial charge in [0.1, 0.15) is 0 Å². The maximum Gasteiger partial charge on any atom is 0.277 e. The molecule has 0 aromatic rings. The van der Waals surface area contributed by atoms with Gasteiger partial charge in [0.25, 0.3) is 10.2 Å². The average molecular weight is 279 g/mol. The molecule has 0 aliphatic heterocycles. The molecule has 0 unspecified atom stereocenters. The van der Waals surface area contributed by atoms with Crippen molar-refractivity contribution in [1.82, 2.24) is 9.44 Å². The number of ether oxygens (including phenoxy) is 1. The van der Waals surface area contributed by atoms with Crippen LogP contribution in [0.5, 0.6) is 0 Å². The molecule has 0 amide bonds. The Hall–Kier alpha value is -0.210. The SMILES string of the molecule is CC(C)NS(=O)(=O)NCCOC1CCC(N)CC1. The van der Waals surface area contributed by atoms with Crippen LogP contribution in [0.1, 0.15) is 39.5 Å². The molecule has 1 fully saturated rings. The molecule has 4 N–H and O–H groups in total. The highest BCUT2D eigenvalue weighted by Crippen LogP contribution is 2.19. The second-order valence-electron chi connectivity index (χ2n) is 5.08. The van der Waals surface area contributed by atoms with Crippen molar-refractivity contribution in [2.75, 3.05) is 13.2 Å². The highest BCUT2D eigenvalue weighted by atomic mass is 32.2. The quantitative estimate of drug-likeness (QED) is 0.576. The van der Waals surface area contributed by atoms with Crippen LogP contribution in [0.25, 0.3) is 0 Å². The second-order valence-corrected chi connectivity index (χ2v) is 6.61. The molecular weight excluding hydrogens is 254 g/mol. The van der Waals surface area contributed by atoms with Gasteiger partial charge in [-0.15, -0.1) is 0 Å². The zero-order valence-electron chi connectivity index (χ0n) is 11.2. The summed E-state index contributed by atoms with van der Waals surface area (Å²) in [5.41, 5.74) is 5.80. The number of nitrogens with two attached hydrogens (primary N) is 1. The van der Waals surface area contributed by atoms with E-state index in [2.05, 4.69) is 9.44 Å². The fourth-order valence-corrected chi connectivity index (χ4v) is 3.06. The van der Waals surface area contributed by atoms with Gasteiger partial charge in [-0.05, 0) is 39.5 Å². The predicted octanol–water partition coefficient (Wildman–Crippen LogP) is 0.105. The van der Waals surface area contributed by atoms with Crippen LogP contribution in [-0.4, -0.2) is 39.8 Å². The molecule has 18 heavy (non-hydrogen) atoms. The summed E-state index contributed by atoms with van der Waals surface area (Å²) in [5, 5.41) is 0. The van der Waals surface area contributed by atoms with E-state index in [1.807, 2.05) is 0 Å². The summed E-state index contributed by atoms with van der Waals surface area (Å²) in [5.74, 6) is 0. The minimum atomic E-state index is -3.39. The Morgan fingerprint density at radius 1 is 1.28 bits per heavy atom. The molecule has 0 radical (unpaired) electrons. The van der Waals surface area contributed by atoms with Gasteiger partial charge >= 0.3 is 0 Å². The lowest BCUT2D eigenvalue weighted by Crippen LogP contribution is -2.42. The van der Waals surface area contributed by atoms with Gasteiger partial charge in [-0.1, -0.05) is 0 Å². The molecule has 1 rings (SSSR count). The van der Waals surface area contributed by atoms with E-state index >= 15 is 0 Å². The summed E-state index contributed by atoms with van der Waals surface area (Å²) in [6, 6.07) is 0.196. The first-order valence-electron chi connectivity index (χ1n) is 6.53. The molecule has 1 saturated carbocycles. The molecule has 1 aliphatic carbocycles. The molecule has 0 bridgehead atoms. The maximum atomic E-state index is 11.4. The van der Waals surface area contributed by atoms with Crippen LogP contribution in [0, 0.1) is 0 Å². The van der Waals surface area contributed by atoms with Crippen molar-refractivity contribution < 1.29 is 13.2 Å². The fraction of sp³-hybridized carbons (Fsp3) is 1.00. The summed E-state index contributed by atoms with van der Waals surface area (Å²) in [4.78, 5) is 0. The summed E-state index contributed by atoms with van der Waals surface area (Å²) in [6.45, 7) is 4.26. The molecule has 0 heterocycles. The molecular formula is C11H25N3O3S. The van der Waals surface area contributed by atoms with Crippen LogP contribution < -0.4 is 15.2 Å². The minimum absolute atomic E-state index is 0.108. The van der Waals surface area contributed by atoms with Gasteiger partial charge in [0, 0.05) is 18.6 Å². The highest BCUT2D eigenvalue weighted by molar-refractivity contribution is 7.87. The Morgan fingerprint density at radius 2 is 1.89 bits per heavy atom. The summed E-state index contributed by atoms with van der Waals surface area (Å²) >= 11 is 0. The lowest BCUT2D eigenvalue weighted by Gasteiger charge is -2.26. The molecule has 0 aromatic heterocycles. The van der Waals surface area contributed by atoms with Crippen LogP contribution in [0.15, 0.2) is 0 Å². The van der Waals surface area contributed by atoms with Crippen molar-refractivity contribution in [3.8, 4) is 0 Å². The van der Waals surface area contributed by atoms with Crippen molar-refractivity contribution in [3.05, 3.63) is 0 Å². The van der Waals surface area contributed by atoms with Gasteiger partial charge in [0.15, 0.2) is 0 Å². The third-order valence-corrected chi connectivity index (χ3v) is 4.22. The van der Waals surface area contributed by atoms with E-state index in [4.69, 9.17) is 10.5 Å². The molecule has 1 aliphatic rings. The average Bonchev–Trinajstić information content (AvgIpc) is 2.25. The molecule has 108 valence electrons. The standard InChI is InChI=1S/C11H25N3O3S/c1-9(2)14-18(15,16)13-7-8-17-11-5-3-10(12)4-6-11/h9-11,13-14H,3-8,12H2,1-2H3. The first kappa shape index (κ1) is 15.8. The van der Waals surface area contributed by atoms with Gasteiger partial charge < -0.3 is 10.5 Å². The van der Waals surface area contributed by atoms with Gasteiger partial charge in [-0.2, -0.15) is 17.9 Å². The summed E-state index contributed by atoms with van der Waals surface area (Å²) in [7, 11) is -3.39. The number of hydrogen-bond donors (Lipinski definition) is 3. The zero-order valence-corrected chi connectivity index (χ0v) is 12.0. The number of rotatable bonds is 7. The molecule has 0 spiro atoms. The highest BCUT2D eigenvalue weighted by Gasteiger charge is 2.19. The van der Waals surface area contributed by atoms with Gasteiger partial charge in [0.05, 0.1) is 12.7 Å². The van der Waals surface area contributed by atoms with Crippen LogP contribution in [-0.2, 0) is 14.9 Å². The predicted molar refractivity (Wildman–Crippen MR) is 71.4 cm³/mol. The summed E-state index contributed by atoms with van der Waals surface area (Å²) < 4.78 is 33.4. The maximum absolute atomic E-state index is 11.4. The zero-order chi connectivity index (χ0) is 13.6. The smallest absolute Gasteiger partial charge is 0.277 e. The third-order valence-electron chi connectivity index (χ3n) is 2.86. The Labute approximate surface area is 110 Å². The van der Waals surface area contributed by atoms with Crippen LogP contribution in [0.4, 0.5) is 0 Å². The van der Waals surface area contributed by atoms with Crippen molar-refractivity contribution in [3.63, 3.8) is 0 Å². The molecule has 0 saturated heterocycles. The van der Waals surface area contributed by atoms with Crippen molar-refractivity contribution in [1.29, 1.82) is 0 Å². The van der Waals surface area contributed by atoms with E-state index in [0.717, 1.165) is 25.7 Å². The van der Waals surface area contributed by atoms with Crippen LogP contribution in [0.3, 0.4) is 0 Å². The second kappa shape index (κ2) is 7.40. The Bertz CT molecular complexity index is 324. The molecule has 7 heteroatoms. The van der Waals surface area contributed by atoms with Crippen LogP contribution in [0.2, 0.25) is 0 Å². The third kappa shape index (κ3) is 6.65. The van der Waals surface area contributed by atoms with Gasteiger partial charge in [-0.3, -0.25) is 0 Å². The van der Waals surface area contributed by atoms with Crippen molar-refractivity contribution in [2.24, 2.45) is 5.73 Å². The van der Waals surface area contributed by atoms with E-state index in [-0.39, 0.29) is 12.1 Å². The molecule has 6 nitrogen and oxygen atoms in total. The van der Waals surface area contributed by atoms with E-state index in [9.17, 15) is 8.42 Å². The van der Waals surface area contributed by atoms with E-state index in [1.54, 1.807) is 13.8 Å². The van der Waals surface area contributed by atoms with Gasteiger partial charge in [-0.25, -0.2) is 0 Å². The van der Waals surface area contributed by atoms with Crippen molar-refractivity contribution >= 4 is 10.2 Å². The van der Waals surface area contributed by atoms with E-state index in [0.29, 0.717) is 19.2 Å². The van der Waals surface area contributed by atoms with Crippen molar-refractivity contribution in [2.45, 2.75) is 57.7 Å². The molecule has 0 aromatic carbocycles. The van der Waals surface area contributed by atoms with E-state index in [1.165, 1.54) is 0 Å². The first-order valence-corrected chi connectivity index (χ1v) is 8.01. The normalized spacial score (nSPS) is 25.6. The molecule has 0 atom stereocenters. The first-order chi connectivity index (χ1) is 8.39. The Balaban J connectivity index is 2.11. The van der Waals surface area contributed by atoms with Gasteiger partial charge in [0.2, 0.25) is 0 Å². The lowest BCUT2D eigenvalue weighted by atomic mass is 9.94. The fourth-order valence-electron chi connectivity index (χ4n) is 2.01. The topological polar surface area (TPSA) is 93.5 Å². The number of nitrogens with one attached hydrogen (secondary N) is 2. The van der Waals surface area contributed by atoms with E-state index < -0.39 is 10.2 Å². The minimum Gasteiger partial charge on any atom is -0.377 e. The summed E-state index contributed by atoms with van der Waals surface area (Å²) in [6.07, 6.45) is 4.15. The largest absolute Gasteiger partial charge is 0.377 e. The van der Waals surface area contributed by atoms with Crippen LogP contribution >= 0.6 is 0 Å². The number of hydrogen-bond acceptors (Lipinski definition) is 4.